The molecule has 0 aliphatic carbocycles. The van der Waals surface area contributed by atoms with Crippen molar-refractivity contribution in [3.63, 3.8) is 0 Å². The number of sulfonamides is 1. The van der Waals surface area contributed by atoms with Gasteiger partial charge in [-0.15, -0.1) is 0 Å². The molecule has 3 aromatic carbocycles. The van der Waals surface area contributed by atoms with E-state index in [1.54, 1.807) is 12.1 Å². The fourth-order valence-corrected chi connectivity index (χ4v) is 7.48. The van der Waals surface area contributed by atoms with E-state index in [1.165, 1.54) is 76.3 Å². The SMILES string of the molecule is CCCCCCCCCCCCCCCCS(=O)(=O)N/N=c1/cc(-c2ccc(Oc3ccc(C)cc3)cc2)n(C)c2ccc(S(=O)(=O)O)cc12. The lowest BCUT2D eigenvalue weighted by Crippen LogP contribution is -2.25. The summed E-state index contributed by atoms with van der Waals surface area (Å²) in [5, 5.41) is 4.86. The van der Waals surface area contributed by atoms with Crippen molar-refractivity contribution in [1.29, 1.82) is 0 Å². The first kappa shape index (κ1) is 39.1. The second-order valence-corrected chi connectivity index (χ2v) is 16.4. The van der Waals surface area contributed by atoms with E-state index < -0.39 is 20.1 Å². The molecule has 0 unspecified atom stereocenters. The molecule has 4 aromatic rings. The van der Waals surface area contributed by atoms with Gasteiger partial charge < -0.3 is 9.30 Å². The van der Waals surface area contributed by atoms with Crippen LogP contribution in [0.5, 0.6) is 11.5 Å². The Bertz CT molecular complexity index is 1950. The smallest absolute Gasteiger partial charge is 0.294 e. The van der Waals surface area contributed by atoms with Crippen LogP contribution in [0.15, 0.2) is 82.8 Å². The van der Waals surface area contributed by atoms with Gasteiger partial charge in [-0.1, -0.05) is 108 Å². The van der Waals surface area contributed by atoms with Crippen LogP contribution in [0.1, 0.15) is 102 Å². The number of rotatable bonds is 21. The van der Waals surface area contributed by atoms with E-state index >= 15 is 0 Å². The van der Waals surface area contributed by atoms with Gasteiger partial charge >= 0.3 is 0 Å². The van der Waals surface area contributed by atoms with Gasteiger partial charge in [0.2, 0.25) is 10.0 Å². The molecule has 0 radical (unpaired) electrons. The Morgan fingerprint density at radius 1 is 0.700 bits per heavy atom. The molecule has 0 spiro atoms. The Kier molecular flexibility index (Phi) is 14.9. The third-order valence-electron chi connectivity index (χ3n) is 9.02. The fourth-order valence-electron chi connectivity index (χ4n) is 6.06. The number of ether oxygens (including phenoxy) is 1. The normalized spacial score (nSPS) is 12.4. The first-order chi connectivity index (χ1) is 24.0. The van der Waals surface area contributed by atoms with Gasteiger partial charge in [-0.25, -0.2) is 13.2 Å². The Morgan fingerprint density at radius 3 is 1.76 bits per heavy atom. The monoisotopic (exact) mass is 723 g/mol. The van der Waals surface area contributed by atoms with E-state index in [4.69, 9.17) is 4.74 Å². The molecule has 272 valence electrons. The number of benzene rings is 3. The van der Waals surface area contributed by atoms with E-state index in [0.29, 0.717) is 28.8 Å². The van der Waals surface area contributed by atoms with Crippen molar-refractivity contribution < 1.29 is 26.1 Å². The maximum absolute atomic E-state index is 13.0. The van der Waals surface area contributed by atoms with Gasteiger partial charge in [-0.05, 0) is 79.6 Å². The molecular formula is C39H53N3O6S2. The maximum Gasteiger partial charge on any atom is 0.294 e. The van der Waals surface area contributed by atoms with Crippen LogP contribution in [0.2, 0.25) is 0 Å². The van der Waals surface area contributed by atoms with Crippen LogP contribution in [0, 0.1) is 6.92 Å². The summed E-state index contributed by atoms with van der Waals surface area (Å²) in [5.41, 5.74) is 3.26. The molecule has 4 rings (SSSR count). The summed E-state index contributed by atoms with van der Waals surface area (Å²) < 4.78 is 67.4. The number of hydrogen-bond acceptors (Lipinski definition) is 6. The molecule has 9 nitrogen and oxygen atoms in total. The van der Waals surface area contributed by atoms with Crippen molar-refractivity contribution in [2.75, 3.05) is 5.75 Å². The highest BCUT2D eigenvalue weighted by Gasteiger charge is 2.15. The fraction of sp³-hybridized carbons (Fsp3) is 0.462. The number of hydrogen-bond donors (Lipinski definition) is 2. The molecule has 0 amide bonds. The molecule has 1 heterocycles. The zero-order valence-corrected chi connectivity index (χ0v) is 31.4. The third-order valence-corrected chi connectivity index (χ3v) is 11.1. The number of aromatic nitrogens is 1. The minimum Gasteiger partial charge on any atom is -0.457 e. The van der Waals surface area contributed by atoms with E-state index in [-0.39, 0.29) is 16.0 Å². The summed E-state index contributed by atoms with van der Waals surface area (Å²) in [5.74, 6) is 1.32. The summed E-state index contributed by atoms with van der Waals surface area (Å²) in [6.07, 6.45) is 16.5. The van der Waals surface area contributed by atoms with E-state index in [2.05, 4.69) is 16.9 Å². The van der Waals surface area contributed by atoms with Crippen LogP contribution in [0.4, 0.5) is 0 Å². The van der Waals surface area contributed by atoms with Crippen LogP contribution in [0.25, 0.3) is 22.2 Å². The minimum atomic E-state index is -4.50. The number of nitrogens with one attached hydrogen (secondary N) is 1. The van der Waals surface area contributed by atoms with E-state index in [1.807, 2.05) is 67.1 Å². The summed E-state index contributed by atoms with van der Waals surface area (Å²) in [6.45, 7) is 4.26. The summed E-state index contributed by atoms with van der Waals surface area (Å²) in [6, 6.07) is 21.1. The molecule has 0 aliphatic heterocycles. The summed E-state index contributed by atoms with van der Waals surface area (Å²) >= 11 is 0. The highest BCUT2D eigenvalue weighted by molar-refractivity contribution is 7.89. The number of unbranched alkanes of at least 4 members (excludes halogenated alkanes) is 13. The summed E-state index contributed by atoms with van der Waals surface area (Å²) in [4.78, 5) is 2.06. The van der Waals surface area contributed by atoms with Crippen molar-refractivity contribution >= 4 is 31.0 Å². The van der Waals surface area contributed by atoms with Crippen molar-refractivity contribution in [1.82, 2.24) is 9.40 Å². The van der Waals surface area contributed by atoms with Crippen LogP contribution >= 0.6 is 0 Å². The van der Waals surface area contributed by atoms with Crippen LogP contribution < -0.4 is 14.9 Å². The van der Waals surface area contributed by atoms with Crippen LogP contribution in [-0.4, -0.2) is 31.7 Å². The summed E-state index contributed by atoms with van der Waals surface area (Å²) in [7, 11) is -6.41. The highest BCUT2D eigenvalue weighted by atomic mass is 32.2. The number of fused-ring (bicyclic) bond motifs is 1. The predicted octanol–water partition coefficient (Wildman–Crippen LogP) is 9.41. The van der Waals surface area contributed by atoms with Gasteiger partial charge in [0.1, 0.15) is 11.5 Å². The molecule has 0 aliphatic rings. The van der Waals surface area contributed by atoms with Crippen molar-refractivity contribution in [2.24, 2.45) is 12.1 Å². The maximum atomic E-state index is 13.0. The second kappa shape index (κ2) is 19.1. The quantitative estimate of drug-likeness (QED) is 0.0501. The van der Waals surface area contributed by atoms with Crippen LogP contribution in [-0.2, 0) is 27.2 Å². The number of aryl methyl sites for hydroxylation is 2. The average molecular weight is 724 g/mol. The second-order valence-electron chi connectivity index (χ2n) is 13.2. The molecule has 0 saturated carbocycles. The van der Waals surface area contributed by atoms with Gasteiger partial charge in [0.15, 0.2) is 0 Å². The minimum absolute atomic E-state index is 0.0569. The Hall–Kier alpha value is -3.67. The highest BCUT2D eigenvalue weighted by Crippen LogP contribution is 2.28. The van der Waals surface area contributed by atoms with Crippen LogP contribution in [0.3, 0.4) is 0 Å². The molecule has 50 heavy (non-hydrogen) atoms. The van der Waals surface area contributed by atoms with E-state index in [0.717, 1.165) is 36.1 Å². The lowest BCUT2D eigenvalue weighted by atomic mass is 10.0. The van der Waals surface area contributed by atoms with Gasteiger partial charge in [0.05, 0.1) is 27.2 Å². The van der Waals surface area contributed by atoms with Crippen molar-refractivity contribution in [3.05, 3.63) is 83.7 Å². The first-order valence-electron chi connectivity index (χ1n) is 18.0. The van der Waals surface area contributed by atoms with E-state index in [9.17, 15) is 21.4 Å². The van der Waals surface area contributed by atoms with Crippen molar-refractivity contribution in [2.45, 2.75) is 109 Å². The molecule has 11 heteroatoms. The number of pyridine rings is 1. The molecule has 1 aromatic heterocycles. The molecule has 0 saturated heterocycles. The van der Waals surface area contributed by atoms with Gasteiger partial charge in [0.25, 0.3) is 10.1 Å². The van der Waals surface area contributed by atoms with Gasteiger partial charge in [-0.2, -0.15) is 13.5 Å². The largest absolute Gasteiger partial charge is 0.457 e. The zero-order valence-electron chi connectivity index (χ0n) is 29.7. The lowest BCUT2D eigenvalue weighted by molar-refractivity contribution is 0.482. The molecule has 0 bridgehead atoms. The lowest BCUT2D eigenvalue weighted by Gasteiger charge is -2.15. The standard InChI is InChI=1S/C39H53N3O6S2/c1-4-5-6-7-8-9-10-11-12-13-14-15-16-17-28-49(43,44)41-40-37-30-39(42(3)38-27-26-35(29-36(37)38)50(45,46)47)32-20-24-34(25-21-32)48-33-22-18-31(2)19-23-33/h18-27,29-30,41H,4-17,28H2,1-3H3,(H,45,46,47)/b40-37-. The molecule has 0 atom stereocenters. The van der Waals surface area contributed by atoms with Gasteiger partial charge in [-0.3, -0.25) is 4.55 Å². The molecule has 2 N–H and O–H groups in total. The Balaban J connectivity index is 1.40. The first-order valence-corrected chi connectivity index (χ1v) is 21.1. The zero-order chi connectivity index (χ0) is 36.0. The predicted molar refractivity (Wildman–Crippen MR) is 202 cm³/mol. The van der Waals surface area contributed by atoms with Crippen molar-refractivity contribution in [3.8, 4) is 22.8 Å². The topological polar surface area (TPSA) is 127 Å². The number of nitrogens with zero attached hydrogens (tertiary/aromatic N) is 2. The van der Waals surface area contributed by atoms with Gasteiger partial charge in [0, 0.05) is 12.4 Å². The average Bonchev–Trinajstić information content (AvgIpc) is 3.09. The third kappa shape index (κ3) is 12.3. The Labute approximate surface area is 298 Å². The Morgan fingerprint density at radius 2 is 1.22 bits per heavy atom. The molecule has 0 fully saturated rings. The molecular weight excluding hydrogens is 671 g/mol.